The summed E-state index contributed by atoms with van der Waals surface area (Å²) in [5, 5.41) is 2.91. The predicted molar refractivity (Wildman–Crippen MR) is 94.3 cm³/mol. The van der Waals surface area contributed by atoms with Crippen LogP contribution in [0.15, 0.2) is 24.3 Å². The number of amides is 4. The van der Waals surface area contributed by atoms with Crippen molar-refractivity contribution >= 4 is 17.8 Å². The smallest absolute Gasteiger partial charge is 0.317 e. The van der Waals surface area contributed by atoms with Gasteiger partial charge in [0, 0.05) is 26.2 Å². The first-order valence-electron chi connectivity index (χ1n) is 8.95. The minimum absolute atomic E-state index is 0.0549. The van der Waals surface area contributed by atoms with Crippen molar-refractivity contribution in [2.75, 3.05) is 26.2 Å². The molecular weight excluding hydrogens is 318 g/mol. The number of fused-ring (bicyclic) bond motifs is 1. The minimum Gasteiger partial charge on any atom is -0.338 e. The van der Waals surface area contributed by atoms with Gasteiger partial charge in [-0.3, -0.25) is 14.5 Å². The molecule has 1 N–H and O–H groups in total. The molecule has 4 amide bonds. The quantitative estimate of drug-likeness (QED) is 0.674. The van der Waals surface area contributed by atoms with E-state index in [0.29, 0.717) is 42.5 Å². The van der Waals surface area contributed by atoms with Crippen LogP contribution in [0.1, 0.15) is 47.4 Å². The van der Waals surface area contributed by atoms with E-state index < -0.39 is 0 Å². The molecule has 25 heavy (non-hydrogen) atoms. The molecule has 0 saturated carbocycles. The lowest BCUT2D eigenvalue weighted by Gasteiger charge is -2.35. The SMILES string of the molecule is CC1CC(C)CN(C(=O)NCCCN2C(=O)c3ccccc3C2=O)C1. The molecule has 2 aliphatic rings. The third-order valence-corrected chi connectivity index (χ3v) is 4.87. The monoisotopic (exact) mass is 343 g/mol. The number of carbonyl (C=O) groups excluding carboxylic acids is 3. The van der Waals surface area contributed by atoms with Crippen molar-refractivity contribution < 1.29 is 14.4 Å². The Hall–Kier alpha value is -2.37. The maximum Gasteiger partial charge on any atom is 0.317 e. The molecule has 3 rings (SSSR count). The van der Waals surface area contributed by atoms with Gasteiger partial charge in [0.25, 0.3) is 11.8 Å². The number of urea groups is 1. The summed E-state index contributed by atoms with van der Waals surface area (Å²) in [5.74, 6) is 0.553. The third kappa shape index (κ3) is 3.67. The van der Waals surface area contributed by atoms with Crippen molar-refractivity contribution in [2.24, 2.45) is 11.8 Å². The Labute approximate surface area is 148 Å². The number of hydrogen-bond acceptors (Lipinski definition) is 3. The fourth-order valence-corrected chi connectivity index (χ4v) is 3.82. The lowest BCUT2D eigenvalue weighted by molar-refractivity contribution is 0.0653. The molecule has 0 spiro atoms. The van der Waals surface area contributed by atoms with E-state index in [-0.39, 0.29) is 17.8 Å². The van der Waals surface area contributed by atoms with E-state index in [4.69, 9.17) is 0 Å². The zero-order chi connectivity index (χ0) is 18.0. The Morgan fingerprint density at radius 2 is 1.64 bits per heavy atom. The van der Waals surface area contributed by atoms with Gasteiger partial charge in [0.1, 0.15) is 0 Å². The number of nitrogens with zero attached hydrogens (tertiary/aromatic N) is 2. The van der Waals surface area contributed by atoms with Gasteiger partial charge in [-0.05, 0) is 36.8 Å². The Morgan fingerprint density at radius 1 is 1.08 bits per heavy atom. The highest BCUT2D eigenvalue weighted by Gasteiger charge is 2.34. The number of nitrogens with one attached hydrogen (secondary N) is 1. The number of hydrogen-bond donors (Lipinski definition) is 1. The van der Waals surface area contributed by atoms with E-state index in [0.717, 1.165) is 19.5 Å². The maximum atomic E-state index is 12.3. The van der Waals surface area contributed by atoms with Crippen LogP contribution in [0.3, 0.4) is 0 Å². The Bertz CT molecular complexity index is 643. The summed E-state index contributed by atoms with van der Waals surface area (Å²) in [7, 11) is 0. The number of imide groups is 1. The molecule has 6 nitrogen and oxygen atoms in total. The Morgan fingerprint density at radius 3 is 2.20 bits per heavy atom. The van der Waals surface area contributed by atoms with Crippen molar-refractivity contribution in [3.8, 4) is 0 Å². The van der Waals surface area contributed by atoms with Gasteiger partial charge in [0.2, 0.25) is 0 Å². The highest BCUT2D eigenvalue weighted by Crippen LogP contribution is 2.22. The molecule has 2 heterocycles. The molecule has 1 aromatic rings. The van der Waals surface area contributed by atoms with E-state index in [1.807, 2.05) is 4.90 Å². The summed E-state index contributed by atoms with van der Waals surface area (Å²) in [6.45, 7) is 6.67. The largest absolute Gasteiger partial charge is 0.338 e. The average Bonchev–Trinajstić information content (AvgIpc) is 2.82. The molecule has 1 aromatic carbocycles. The third-order valence-electron chi connectivity index (χ3n) is 4.87. The van der Waals surface area contributed by atoms with Crippen LogP contribution in [0.2, 0.25) is 0 Å². The summed E-state index contributed by atoms with van der Waals surface area (Å²) in [5.41, 5.74) is 0.931. The van der Waals surface area contributed by atoms with Crippen LogP contribution in [0.5, 0.6) is 0 Å². The van der Waals surface area contributed by atoms with Gasteiger partial charge in [0.15, 0.2) is 0 Å². The number of rotatable bonds is 4. The second kappa shape index (κ2) is 7.25. The molecule has 2 atom stereocenters. The Kier molecular flexibility index (Phi) is 5.06. The van der Waals surface area contributed by atoms with E-state index in [1.54, 1.807) is 24.3 Å². The van der Waals surface area contributed by atoms with Crippen molar-refractivity contribution in [3.63, 3.8) is 0 Å². The number of likely N-dealkylation sites (tertiary alicyclic amines) is 1. The second-order valence-electron chi connectivity index (χ2n) is 7.24. The molecule has 0 aliphatic carbocycles. The van der Waals surface area contributed by atoms with E-state index >= 15 is 0 Å². The first-order valence-corrected chi connectivity index (χ1v) is 8.95. The summed E-state index contributed by atoms with van der Waals surface area (Å²) in [6, 6.07) is 6.81. The number of piperidine rings is 1. The van der Waals surface area contributed by atoms with Gasteiger partial charge in [-0.1, -0.05) is 26.0 Å². The van der Waals surface area contributed by atoms with Gasteiger partial charge in [0.05, 0.1) is 11.1 Å². The number of carbonyl (C=O) groups is 3. The van der Waals surface area contributed by atoms with Crippen LogP contribution >= 0.6 is 0 Å². The van der Waals surface area contributed by atoms with Crippen LogP contribution in [-0.4, -0.2) is 53.8 Å². The van der Waals surface area contributed by atoms with E-state index in [1.165, 1.54) is 4.90 Å². The van der Waals surface area contributed by atoms with Crippen molar-refractivity contribution in [3.05, 3.63) is 35.4 Å². The fourth-order valence-electron chi connectivity index (χ4n) is 3.82. The van der Waals surface area contributed by atoms with Gasteiger partial charge in [-0.2, -0.15) is 0 Å². The minimum atomic E-state index is -0.245. The number of benzene rings is 1. The summed E-state index contributed by atoms with van der Waals surface area (Å²) >= 11 is 0. The van der Waals surface area contributed by atoms with Gasteiger partial charge in [-0.15, -0.1) is 0 Å². The van der Waals surface area contributed by atoms with Crippen LogP contribution in [0.4, 0.5) is 4.79 Å². The van der Waals surface area contributed by atoms with Gasteiger partial charge < -0.3 is 10.2 Å². The normalized spacial score (nSPS) is 23.0. The highest BCUT2D eigenvalue weighted by molar-refractivity contribution is 6.21. The second-order valence-corrected chi connectivity index (χ2v) is 7.24. The molecule has 6 heteroatoms. The summed E-state index contributed by atoms with van der Waals surface area (Å²) in [4.78, 5) is 39.9. The highest BCUT2D eigenvalue weighted by atomic mass is 16.2. The fraction of sp³-hybridized carbons (Fsp3) is 0.526. The molecule has 2 unspecified atom stereocenters. The molecule has 1 fully saturated rings. The molecule has 134 valence electrons. The van der Waals surface area contributed by atoms with Crippen molar-refractivity contribution in [2.45, 2.75) is 26.7 Å². The zero-order valence-corrected chi connectivity index (χ0v) is 14.8. The van der Waals surface area contributed by atoms with E-state index in [9.17, 15) is 14.4 Å². The lowest BCUT2D eigenvalue weighted by Crippen LogP contribution is -2.48. The van der Waals surface area contributed by atoms with Gasteiger partial charge in [-0.25, -0.2) is 4.79 Å². The maximum absolute atomic E-state index is 12.3. The zero-order valence-electron chi connectivity index (χ0n) is 14.8. The van der Waals surface area contributed by atoms with Crippen molar-refractivity contribution in [1.82, 2.24) is 15.1 Å². The summed E-state index contributed by atoms with van der Waals surface area (Å²) in [6.07, 6.45) is 1.71. The molecule has 0 aromatic heterocycles. The molecule has 0 bridgehead atoms. The standard InChI is InChI=1S/C19H25N3O3/c1-13-10-14(2)12-21(11-13)19(25)20-8-5-9-22-17(23)15-6-3-4-7-16(15)18(22)24/h3-4,6-7,13-14H,5,8-12H2,1-2H3,(H,20,25). The molecular formula is C19H25N3O3. The van der Waals surface area contributed by atoms with Crippen LogP contribution in [0, 0.1) is 11.8 Å². The average molecular weight is 343 g/mol. The van der Waals surface area contributed by atoms with Crippen LogP contribution in [-0.2, 0) is 0 Å². The predicted octanol–water partition coefficient (Wildman–Crippen LogP) is 2.36. The topological polar surface area (TPSA) is 69.7 Å². The lowest BCUT2D eigenvalue weighted by atomic mass is 9.92. The van der Waals surface area contributed by atoms with Crippen LogP contribution < -0.4 is 5.32 Å². The molecule has 0 radical (unpaired) electrons. The van der Waals surface area contributed by atoms with E-state index in [2.05, 4.69) is 19.2 Å². The van der Waals surface area contributed by atoms with Gasteiger partial charge >= 0.3 is 6.03 Å². The Balaban J connectivity index is 1.46. The van der Waals surface area contributed by atoms with Crippen LogP contribution in [0.25, 0.3) is 0 Å². The molecule has 1 saturated heterocycles. The first-order chi connectivity index (χ1) is 12.0. The first kappa shape index (κ1) is 17.5. The summed E-state index contributed by atoms with van der Waals surface area (Å²) < 4.78 is 0. The molecule has 2 aliphatic heterocycles. The van der Waals surface area contributed by atoms with Crippen molar-refractivity contribution in [1.29, 1.82) is 0 Å².